The van der Waals surface area contributed by atoms with Crippen LogP contribution in [-0.2, 0) is 16.2 Å². The van der Waals surface area contributed by atoms with Crippen LogP contribution in [0.4, 0.5) is 10.1 Å². The second-order valence-electron chi connectivity index (χ2n) is 8.24. The summed E-state index contributed by atoms with van der Waals surface area (Å²) < 4.78 is 27.3. The van der Waals surface area contributed by atoms with Crippen molar-refractivity contribution in [2.75, 3.05) is 18.9 Å². The zero-order valence-electron chi connectivity index (χ0n) is 17.7. The molecule has 9 heteroatoms. The molecule has 0 saturated heterocycles. The number of hydrogen-bond donors (Lipinski definition) is 1. The van der Waals surface area contributed by atoms with Gasteiger partial charge in [-0.05, 0) is 31.2 Å². The molecule has 0 saturated carbocycles. The van der Waals surface area contributed by atoms with Crippen molar-refractivity contribution in [1.29, 1.82) is 0 Å². The number of hydrogen-bond acceptors (Lipinski definition) is 6. The first-order valence-electron chi connectivity index (χ1n) is 9.85. The molecule has 1 aromatic carbocycles. The fraction of sp³-hybridized carbons (Fsp3) is 0.381. The average Bonchev–Trinajstić information content (AvgIpc) is 3.06. The van der Waals surface area contributed by atoms with E-state index in [1.165, 1.54) is 24.5 Å². The van der Waals surface area contributed by atoms with Crippen LogP contribution >= 0.6 is 0 Å². The predicted molar refractivity (Wildman–Crippen MR) is 117 cm³/mol. The fourth-order valence-electron chi connectivity index (χ4n) is 3.06. The average molecular weight is 431 g/mol. The third-order valence-electron chi connectivity index (χ3n) is 4.62. The Bertz CT molecular complexity index is 1060. The second-order valence-corrected chi connectivity index (χ2v) is 13.9. The molecule has 0 atom stereocenters. The molecule has 7 nitrogen and oxygen atoms in total. The molecule has 0 unspecified atom stereocenters. The van der Waals surface area contributed by atoms with Crippen molar-refractivity contribution in [1.82, 2.24) is 14.5 Å². The van der Waals surface area contributed by atoms with Crippen LogP contribution < -0.4 is 5.73 Å². The zero-order valence-corrected chi connectivity index (χ0v) is 18.7. The number of nitrogens with two attached hydrogens (primary N) is 1. The minimum atomic E-state index is -1.22. The predicted octanol–water partition coefficient (Wildman–Crippen LogP) is 4.31. The molecule has 3 rings (SSSR count). The number of rotatable bonds is 8. The Morgan fingerprint density at radius 2 is 2.03 bits per heavy atom. The topological polar surface area (TPSA) is 92.3 Å². The third kappa shape index (κ3) is 4.85. The van der Waals surface area contributed by atoms with Crippen molar-refractivity contribution in [3.8, 4) is 11.3 Å². The first-order chi connectivity index (χ1) is 14.2. The number of carbonyl (C=O) groups excluding carboxylic acids is 1. The third-order valence-corrected chi connectivity index (χ3v) is 6.33. The van der Waals surface area contributed by atoms with Gasteiger partial charge in [-0.2, -0.15) is 0 Å². The summed E-state index contributed by atoms with van der Waals surface area (Å²) in [5.74, 6) is -1.01. The number of halogens is 1. The molecule has 2 heterocycles. The molecule has 3 aromatic rings. The number of aromatic nitrogens is 3. The summed E-state index contributed by atoms with van der Waals surface area (Å²) in [5.41, 5.74) is 7.46. The Morgan fingerprint density at radius 1 is 1.27 bits per heavy atom. The van der Waals surface area contributed by atoms with Gasteiger partial charge in [-0.15, -0.1) is 0 Å². The van der Waals surface area contributed by atoms with Gasteiger partial charge in [0.05, 0.1) is 23.3 Å². The summed E-state index contributed by atoms with van der Waals surface area (Å²) in [4.78, 5) is 21.2. The van der Waals surface area contributed by atoms with E-state index in [9.17, 15) is 9.18 Å². The molecular formula is C21H27FN4O3Si. The summed E-state index contributed by atoms with van der Waals surface area (Å²) in [7, 11) is -1.22. The summed E-state index contributed by atoms with van der Waals surface area (Å²) in [6.07, 6.45) is 2.97. The van der Waals surface area contributed by atoms with Crippen LogP contribution in [0.5, 0.6) is 0 Å². The maximum Gasteiger partial charge on any atom is 0.340 e. The molecule has 0 amide bonds. The quantitative estimate of drug-likeness (QED) is 0.248. The Labute approximate surface area is 176 Å². The SMILES string of the molecule is CCOC(=O)c1cn(COCC[Si](C)(C)C)c2ncnc(-c3cc(N)ccc3F)c12. The van der Waals surface area contributed by atoms with Gasteiger partial charge < -0.3 is 19.8 Å². The van der Waals surface area contributed by atoms with Gasteiger partial charge in [0, 0.05) is 32.1 Å². The number of nitrogens with zero attached hydrogens (tertiary/aromatic N) is 3. The molecule has 160 valence electrons. The fourth-order valence-corrected chi connectivity index (χ4v) is 3.81. The Kier molecular flexibility index (Phi) is 6.52. The first kappa shape index (κ1) is 21.9. The van der Waals surface area contributed by atoms with E-state index in [1.807, 2.05) is 0 Å². The Balaban J connectivity index is 2.07. The highest BCUT2D eigenvalue weighted by molar-refractivity contribution is 6.76. The van der Waals surface area contributed by atoms with E-state index in [4.69, 9.17) is 15.2 Å². The summed E-state index contributed by atoms with van der Waals surface area (Å²) in [6.45, 7) is 9.61. The van der Waals surface area contributed by atoms with Crippen LogP contribution in [0.3, 0.4) is 0 Å². The van der Waals surface area contributed by atoms with Gasteiger partial charge in [-0.1, -0.05) is 19.6 Å². The number of ether oxygens (including phenoxy) is 2. The minimum Gasteiger partial charge on any atom is -0.462 e. The van der Waals surface area contributed by atoms with Crippen LogP contribution in [0.15, 0.2) is 30.7 Å². The smallest absolute Gasteiger partial charge is 0.340 e. The van der Waals surface area contributed by atoms with Crippen molar-refractivity contribution < 1.29 is 18.7 Å². The largest absolute Gasteiger partial charge is 0.462 e. The molecule has 0 aliphatic carbocycles. The standard InChI is InChI=1S/C21H27FN4O3Si/c1-5-29-21(27)16-11-26(13-28-8-9-30(2,3)4)20-18(16)19(24-12-25-20)15-10-14(23)6-7-17(15)22/h6-7,10-12H,5,8-9,13,23H2,1-4H3. The van der Waals surface area contributed by atoms with Gasteiger partial charge in [0.2, 0.25) is 0 Å². The number of fused-ring (bicyclic) bond motifs is 1. The molecule has 30 heavy (non-hydrogen) atoms. The van der Waals surface area contributed by atoms with E-state index in [0.29, 0.717) is 23.3 Å². The van der Waals surface area contributed by atoms with Crippen LogP contribution in [0.1, 0.15) is 17.3 Å². The monoisotopic (exact) mass is 430 g/mol. The highest BCUT2D eigenvalue weighted by Gasteiger charge is 2.23. The number of nitrogen functional groups attached to an aromatic ring is 1. The van der Waals surface area contributed by atoms with Crippen LogP contribution in [-0.4, -0.2) is 41.8 Å². The van der Waals surface area contributed by atoms with E-state index in [-0.39, 0.29) is 30.2 Å². The highest BCUT2D eigenvalue weighted by Crippen LogP contribution is 2.32. The van der Waals surface area contributed by atoms with Gasteiger partial charge in [0.25, 0.3) is 0 Å². The number of anilines is 1. The van der Waals surface area contributed by atoms with Gasteiger partial charge in [-0.25, -0.2) is 19.2 Å². The normalized spacial score (nSPS) is 11.8. The summed E-state index contributed by atoms with van der Waals surface area (Å²) in [5, 5.41) is 0.411. The number of esters is 1. The first-order valence-corrected chi connectivity index (χ1v) is 13.6. The van der Waals surface area contributed by atoms with E-state index in [1.54, 1.807) is 17.7 Å². The Morgan fingerprint density at radius 3 is 2.73 bits per heavy atom. The molecule has 0 spiro atoms. The van der Waals surface area contributed by atoms with Gasteiger partial charge >= 0.3 is 5.97 Å². The van der Waals surface area contributed by atoms with E-state index >= 15 is 0 Å². The van der Waals surface area contributed by atoms with E-state index < -0.39 is 19.9 Å². The second kappa shape index (κ2) is 8.93. The maximum absolute atomic E-state index is 14.6. The van der Waals surface area contributed by atoms with Crippen molar-refractivity contribution in [3.05, 3.63) is 42.1 Å². The summed E-state index contributed by atoms with van der Waals surface area (Å²) in [6, 6.07) is 5.26. The van der Waals surface area contributed by atoms with E-state index in [2.05, 4.69) is 29.6 Å². The molecule has 0 aliphatic rings. The maximum atomic E-state index is 14.6. The lowest BCUT2D eigenvalue weighted by Crippen LogP contribution is -2.22. The van der Waals surface area contributed by atoms with Gasteiger partial charge in [0.1, 0.15) is 24.5 Å². The molecule has 0 fully saturated rings. The molecule has 2 N–H and O–H groups in total. The summed E-state index contributed by atoms with van der Waals surface area (Å²) >= 11 is 0. The van der Waals surface area contributed by atoms with Crippen molar-refractivity contribution in [2.24, 2.45) is 0 Å². The zero-order chi connectivity index (χ0) is 21.9. The molecular weight excluding hydrogens is 403 g/mol. The lowest BCUT2D eigenvalue weighted by Gasteiger charge is -2.15. The molecule has 0 radical (unpaired) electrons. The van der Waals surface area contributed by atoms with Crippen molar-refractivity contribution >= 4 is 30.8 Å². The van der Waals surface area contributed by atoms with Crippen molar-refractivity contribution in [2.45, 2.75) is 39.3 Å². The lowest BCUT2D eigenvalue weighted by molar-refractivity contribution is 0.0527. The van der Waals surface area contributed by atoms with Crippen LogP contribution in [0, 0.1) is 5.82 Å². The van der Waals surface area contributed by atoms with Gasteiger partial charge in [-0.3, -0.25) is 0 Å². The lowest BCUT2D eigenvalue weighted by atomic mass is 10.1. The van der Waals surface area contributed by atoms with Crippen LogP contribution in [0.25, 0.3) is 22.3 Å². The van der Waals surface area contributed by atoms with Gasteiger partial charge in [0.15, 0.2) is 0 Å². The Hall–Kier alpha value is -2.78. The van der Waals surface area contributed by atoms with E-state index in [0.717, 1.165) is 6.04 Å². The minimum absolute atomic E-state index is 0.199. The van der Waals surface area contributed by atoms with Crippen molar-refractivity contribution in [3.63, 3.8) is 0 Å². The number of carbonyl (C=O) groups is 1. The molecule has 2 aromatic heterocycles. The van der Waals surface area contributed by atoms with Crippen LogP contribution in [0.2, 0.25) is 25.7 Å². The highest BCUT2D eigenvalue weighted by atomic mass is 28.3. The number of benzene rings is 1. The molecule has 0 aliphatic heterocycles. The molecule has 0 bridgehead atoms.